The molecule has 0 aliphatic heterocycles. The Kier molecular flexibility index (Phi) is 3.66. The topological polar surface area (TPSA) is 40.7 Å². The van der Waals surface area contributed by atoms with Crippen LogP contribution in [0.4, 0.5) is 5.82 Å². The van der Waals surface area contributed by atoms with Crippen LogP contribution in [0.5, 0.6) is 0 Å². The third kappa shape index (κ3) is 2.47. The van der Waals surface area contributed by atoms with Gasteiger partial charge in [-0.3, -0.25) is 5.10 Å². The zero-order valence-corrected chi connectivity index (χ0v) is 11.7. The smallest absolute Gasteiger partial charge is 0.151 e. The summed E-state index contributed by atoms with van der Waals surface area (Å²) in [4.78, 5) is 0. The summed E-state index contributed by atoms with van der Waals surface area (Å²) in [5.74, 6) is 0.958. The van der Waals surface area contributed by atoms with Gasteiger partial charge in [-0.2, -0.15) is 5.10 Å². The van der Waals surface area contributed by atoms with E-state index in [9.17, 15) is 0 Å². The molecule has 0 aliphatic rings. The zero-order chi connectivity index (χ0) is 11.5. The number of thiophene rings is 1. The summed E-state index contributed by atoms with van der Waals surface area (Å²) in [5.41, 5.74) is 3.70. The lowest BCUT2D eigenvalue weighted by molar-refractivity contribution is 0.965. The van der Waals surface area contributed by atoms with Gasteiger partial charge >= 0.3 is 0 Å². The summed E-state index contributed by atoms with van der Waals surface area (Å²) in [6.45, 7) is 5.03. The molecule has 0 fully saturated rings. The van der Waals surface area contributed by atoms with Crippen LogP contribution in [0, 0.1) is 6.92 Å². The first-order valence-corrected chi connectivity index (χ1v) is 6.88. The Hall–Kier alpha value is -0.810. The minimum Gasteiger partial charge on any atom is -0.364 e. The van der Waals surface area contributed by atoms with Crippen LogP contribution in [0.15, 0.2) is 15.2 Å². The van der Waals surface area contributed by atoms with Crippen molar-refractivity contribution in [2.45, 2.75) is 26.8 Å². The van der Waals surface area contributed by atoms with Crippen molar-refractivity contribution in [3.05, 3.63) is 32.1 Å². The molecule has 0 amide bonds. The molecule has 16 heavy (non-hydrogen) atoms. The molecule has 0 bridgehead atoms. The van der Waals surface area contributed by atoms with Gasteiger partial charge in [0.05, 0.1) is 3.79 Å². The average molecular weight is 300 g/mol. The number of rotatable bonds is 4. The monoisotopic (exact) mass is 299 g/mol. The highest BCUT2D eigenvalue weighted by Gasteiger charge is 2.06. The standard InChI is InChI=1S/C11H14BrN3S/c1-3-9-7(2)11(15-14-9)13-5-8-4-10(12)16-6-8/h4,6H,3,5H2,1-2H3,(H2,13,14,15). The van der Waals surface area contributed by atoms with Gasteiger partial charge < -0.3 is 5.32 Å². The number of H-pyrrole nitrogens is 1. The van der Waals surface area contributed by atoms with Gasteiger partial charge in [0.25, 0.3) is 0 Å². The van der Waals surface area contributed by atoms with Crippen LogP contribution >= 0.6 is 27.3 Å². The lowest BCUT2D eigenvalue weighted by Crippen LogP contribution is -1.99. The predicted octanol–water partition coefficient (Wildman–Crippen LogP) is 3.72. The van der Waals surface area contributed by atoms with Gasteiger partial charge in [-0.15, -0.1) is 11.3 Å². The summed E-state index contributed by atoms with van der Waals surface area (Å²) < 4.78 is 1.16. The highest BCUT2D eigenvalue weighted by Crippen LogP contribution is 2.22. The SMILES string of the molecule is CCc1[nH]nc(NCc2csc(Br)c2)c1C. The molecule has 2 aromatic rings. The van der Waals surface area contributed by atoms with E-state index in [0.717, 1.165) is 22.6 Å². The molecule has 0 saturated carbocycles. The van der Waals surface area contributed by atoms with Crippen molar-refractivity contribution in [3.63, 3.8) is 0 Å². The van der Waals surface area contributed by atoms with E-state index in [0.29, 0.717) is 0 Å². The molecule has 0 aromatic carbocycles. The number of hydrogen-bond acceptors (Lipinski definition) is 3. The van der Waals surface area contributed by atoms with E-state index in [4.69, 9.17) is 0 Å². The Bertz CT molecular complexity index is 475. The van der Waals surface area contributed by atoms with Crippen molar-refractivity contribution in [3.8, 4) is 0 Å². The van der Waals surface area contributed by atoms with Crippen LogP contribution in [0.25, 0.3) is 0 Å². The summed E-state index contributed by atoms with van der Waals surface area (Å²) in [6.07, 6.45) is 0.991. The second-order valence-corrected chi connectivity index (χ2v) is 5.93. The molecule has 2 aromatic heterocycles. The average Bonchev–Trinajstić information content (AvgIpc) is 2.83. The molecule has 5 heteroatoms. The van der Waals surface area contributed by atoms with Crippen molar-refractivity contribution < 1.29 is 0 Å². The van der Waals surface area contributed by atoms with Crippen molar-refractivity contribution >= 4 is 33.1 Å². The molecule has 2 N–H and O–H groups in total. The minimum atomic E-state index is 0.816. The van der Waals surface area contributed by atoms with Crippen LogP contribution in [0.2, 0.25) is 0 Å². The highest BCUT2D eigenvalue weighted by molar-refractivity contribution is 9.11. The first-order valence-electron chi connectivity index (χ1n) is 5.21. The Morgan fingerprint density at radius 3 is 2.94 bits per heavy atom. The molecular weight excluding hydrogens is 286 g/mol. The fourth-order valence-electron chi connectivity index (χ4n) is 1.57. The summed E-state index contributed by atoms with van der Waals surface area (Å²) in [7, 11) is 0. The van der Waals surface area contributed by atoms with Gasteiger partial charge in [-0.25, -0.2) is 0 Å². The van der Waals surface area contributed by atoms with Crippen molar-refractivity contribution in [2.24, 2.45) is 0 Å². The first kappa shape index (κ1) is 11.7. The normalized spacial score (nSPS) is 10.7. The molecule has 0 unspecified atom stereocenters. The maximum Gasteiger partial charge on any atom is 0.151 e. The third-order valence-electron chi connectivity index (χ3n) is 2.55. The van der Waals surface area contributed by atoms with Crippen LogP contribution < -0.4 is 5.32 Å². The molecule has 2 heterocycles. The molecule has 86 valence electrons. The summed E-state index contributed by atoms with van der Waals surface area (Å²) in [6, 6.07) is 2.13. The predicted molar refractivity (Wildman–Crippen MR) is 72.0 cm³/mol. The number of hydrogen-bond donors (Lipinski definition) is 2. The third-order valence-corrected chi connectivity index (χ3v) is 4.10. The molecule has 0 spiro atoms. The van der Waals surface area contributed by atoms with E-state index in [-0.39, 0.29) is 0 Å². The second-order valence-electron chi connectivity index (χ2n) is 3.64. The van der Waals surface area contributed by atoms with E-state index >= 15 is 0 Å². The number of aromatic amines is 1. The Balaban J connectivity index is 2.02. The van der Waals surface area contributed by atoms with E-state index in [1.54, 1.807) is 11.3 Å². The number of anilines is 1. The van der Waals surface area contributed by atoms with Crippen molar-refractivity contribution in [2.75, 3.05) is 5.32 Å². The molecule has 0 saturated heterocycles. The van der Waals surface area contributed by atoms with Gasteiger partial charge in [0.15, 0.2) is 5.82 Å². The van der Waals surface area contributed by atoms with Gasteiger partial charge in [-0.1, -0.05) is 6.92 Å². The minimum absolute atomic E-state index is 0.816. The first-order chi connectivity index (χ1) is 7.70. The lowest BCUT2D eigenvalue weighted by Gasteiger charge is -2.02. The molecule has 0 aliphatic carbocycles. The lowest BCUT2D eigenvalue weighted by atomic mass is 10.2. The van der Waals surface area contributed by atoms with Crippen molar-refractivity contribution in [1.29, 1.82) is 0 Å². The van der Waals surface area contributed by atoms with Crippen molar-refractivity contribution in [1.82, 2.24) is 10.2 Å². The second kappa shape index (κ2) is 5.01. The molecule has 3 nitrogen and oxygen atoms in total. The molecule has 0 radical (unpaired) electrons. The highest BCUT2D eigenvalue weighted by atomic mass is 79.9. The number of aryl methyl sites for hydroxylation is 1. The summed E-state index contributed by atoms with van der Waals surface area (Å²) >= 11 is 5.16. The molecule has 0 atom stereocenters. The van der Waals surface area contributed by atoms with Gasteiger partial charge in [0, 0.05) is 17.8 Å². The Morgan fingerprint density at radius 1 is 1.56 bits per heavy atom. The van der Waals surface area contributed by atoms with Crippen LogP contribution in [0.1, 0.15) is 23.7 Å². The van der Waals surface area contributed by atoms with Crippen LogP contribution in [-0.2, 0) is 13.0 Å². The zero-order valence-electron chi connectivity index (χ0n) is 9.30. The van der Waals surface area contributed by atoms with E-state index in [1.807, 2.05) is 0 Å². The Morgan fingerprint density at radius 2 is 2.38 bits per heavy atom. The van der Waals surface area contributed by atoms with Gasteiger partial charge in [-0.05, 0) is 46.3 Å². The maximum atomic E-state index is 4.26. The Labute approximate surface area is 107 Å². The number of nitrogens with zero attached hydrogens (tertiary/aromatic N) is 1. The number of aromatic nitrogens is 2. The molecule has 2 rings (SSSR count). The number of halogens is 1. The number of nitrogens with one attached hydrogen (secondary N) is 2. The fourth-order valence-corrected chi connectivity index (χ4v) is 2.78. The quantitative estimate of drug-likeness (QED) is 0.903. The van der Waals surface area contributed by atoms with E-state index in [1.165, 1.54) is 16.8 Å². The fraction of sp³-hybridized carbons (Fsp3) is 0.364. The van der Waals surface area contributed by atoms with Gasteiger partial charge in [0.1, 0.15) is 0 Å². The largest absolute Gasteiger partial charge is 0.364 e. The van der Waals surface area contributed by atoms with Crippen LogP contribution in [0.3, 0.4) is 0 Å². The van der Waals surface area contributed by atoms with E-state index < -0.39 is 0 Å². The van der Waals surface area contributed by atoms with Crippen LogP contribution in [-0.4, -0.2) is 10.2 Å². The van der Waals surface area contributed by atoms with Gasteiger partial charge in [0.2, 0.25) is 0 Å². The molecular formula is C11H14BrN3S. The summed E-state index contributed by atoms with van der Waals surface area (Å²) in [5, 5.41) is 12.8. The van der Waals surface area contributed by atoms with E-state index in [2.05, 4.69) is 56.7 Å². The maximum absolute atomic E-state index is 4.26.